The first-order valence-electron chi connectivity index (χ1n) is 8.01. The Hall–Kier alpha value is -3.80. The molecule has 0 unspecified atom stereocenters. The smallest absolute Gasteiger partial charge is 0.316 e. The SMILES string of the molecule is NC(=O)Nc1cccc(NC(=O)c2ccccc2Nc2ccccc2)c1. The normalized spacial score (nSPS) is 10.0. The van der Waals surface area contributed by atoms with Gasteiger partial charge in [-0.1, -0.05) is 36.4 Å². The number of rotatable bonds is 5. The summed E-state index contributed by atoms with van der Waals surface area (Å²) in [5.41, 5.74) is 8.26. The van der Waals surface area contributed by atoms with Gasteiger partial charge in [-0.3, -0.25) is 4.79 Å². The fourth-order valence-electron chi connectivity index (χ4n) is 2.48. The summed E-state index contributed by atoms with van der Waals surface area (Å²) in [6.07, 6.45) is 0. The number of hydrogen-bond donors (Lipinski definition) is 4. The van der Waals surface area contributed by atoms with Gasteiger partial charge in [-0.15, -0.1) is 0 Å². The van der Waals surface area contributed by atoms with Crippen LogP contribution in [-0.2, 0) is 0 Å². The quantitative estimate of drug-likeness (QED) is 0.558. The third-order valence-electron chi connectivity index (χ3n) is 3.61. The molecule has 0 radical (unpaired) electrons. The van der Waals surface area contributed by atoms with Gasteiger partial charge in [0.25, 0.3) is 5.91 Å². The highest BCUT2D eigenvalue weighted by atomic mass is 16.2. The molecule has 130 valence electrons. The molecule has 0 atom stereocenters. The van der Waals surface area contributed by atoms with Crippen LogP contribution in [0, 0.1) is 0 Å². The van der Waals surface area contributed by atoms with Gasteiger partial charge in [0.15, 0.2) is 0 Å². The average Bonchev–Trinajstić information content (AvgIpc) is 2.63. The maximum absolute atomic E-state index is 12.7. The molecule has 0 spiro atoms. The van der Waals surface area contributed by atoms with Crippen LogP contribution >= 0.6 is 0 Å². The van der Waals surface area contributed by atoms with Crippen LogP contribution in [0.3, 0.4) is 0 Å². The molecule has 0 aliphatic rings. The number of anilines is 4. The number of para-hydroxylation sites is 2. The van der Waals surface area contributed by atoms with E-state index in [1.807, 2.05) is 42.5 Å². The van der Waals surface area contributed by atoms with Crippen molar-refractivity contribution in [3.05, 3.63) is 84.4 Å². The number of hydrogen-bond acceptors (Lipinski definition) is 3. The molecule has 0 saturated carbocycles. The Morgan fingerprint density at radius 3 is 2.04 bits per heavy atom. The van der Waals surface area contributed by atoms with Gasteiger partial charge < -0.3 is 21.7 Å². The van der Waals surface area contributed by atoms with E-state index in [2.05, 4.69) is 16.0 Å². The van der Waals surface area contributed by atoms with Crippen LogP contribution in [-0.4, -0.2) is 11.9 Å². The molecule has 3 aromatic carbocycles. The summed E-state index contributed by atoms with van der Waals surface area (Å²) in [4.78, 5) is 23.7. The van der Waals surface area contributed by atoms with Gasteiger partial charge in [-0.05, 0) is 42.5 Å². The minimum Gasteiger partial charge on any atom is -0.355 e. The molecule has 0 aliphatic carbocycles. The number of amides is 3. The third kappa shape index (κ3) is 4.39. The van der Waals surface area contributed by atoms with Crippen molar-refractivity contribution in [3.8, 4) is 0 Å². The van der Waals surface area contributed by atoms with Crippen molar-refractivity contribution in [2.45, 2.75) is 0 Å². The van der Waals surface area contributed by atoms with Crippen molar-refractivity contribution < 1.29 is 9.59 Å². The Morgan fingerprint density at radius 2 is 1.31 bits per heavy atom. The molecule has 5 N–H and O–H groups in total. The van der Waals surface area contributed by atoms with E-state index in [1.165, 1.54) is 0 Å². The van der Waals surface area contributed by atoms with Crippen LogP contribution in [0.1, 0.15) is 10.4 Å². The van der Waals surface area contributed by atoms with Crippen molar-refractivity contribution >= 4 is 34.7 Å². The van der Waals surface area contributed by atoms with Gasteiger partial charge in [0.1, 0.15) is 0 Å². The predicted molar refractivity (Wildman–Crippen MR) is 104 cm³/mol. The largest absolute Gasteiger partial charge is 0.355 e. The van der Waals surface area contributed by atoms with Gasteiger partial charge in [0, 0.05) is 17.1 Å². The van der Waals surface area contributed by atoms with Crippen LogP contribution in [0.2, 0.25) is 0 Å². The summed E-state index contributed by atoms with van der Waals surface area (Å²) < 4.78 is 0. The molecule has 3 amide bonds. The van der Waals surface area contributed by atoms with Gasteiger partial charge in [0.05, 0.1) is 11.3 Å². The van der Waals surface area contributed by atoms with E-state index < -0.39 is 6.03 Å². The number of urea groups is 1. The number of primary amides is 1. The van der Waals surface area contributed by atoms with Crippen molar-refractivity contribution in [1.82, 2.24) is 0 Å². The zero-order valence-electron chi connectivity index (χ0n) is 13.9. The highest BCUT2D eigenvalue weighted by molar-refractivity contribution is 6.08. The molecule has 3 aromatic rings. The van der Waals surface area contributed by atoms with E-state index >= 15 is 0 Å². The molecule has 0 saturated heterocycles. The fraction of sp³-hybridized carbons (Fsp3) is 0. The summed E-state index contributed by atoms with van der Waals surface area (Å²) >= 11 is 0. The Bertz CT molecular complexity index is 926. The minimum absolute atomic E-state index is 0.264. The van der Waals surface area contributed by atoms with E-state index in [1.54, 1.807) is 36.4 Å². The molecule has 0 aliphatic heterocycles. The second kappa shape index (κ2) is 7.85. The Morgan fingerprint density at radius 1 is 0.692 bits per heavy atom. The zero-order valence-corrected chi connectivity index (χ0v) is 13.9. The monoisotopic (exact) mass is 346 g/mol. The average molecular weight is 346 g/mol. The van der Waals surface area contributed by atoms with Crippen molar-refractivity contribution in [2.75, 3.05) is 16.0 Å². The highest BCUT2D eigenvalue weighted by Crippen LogP contribution is 2.22. The molecule has 6 nitrogen and oxygen atoms in total. The van der Waals surface area contributed by atoms with Crippen molar-refractivity contribution in [1.29, 1.82) is 0 Å². The van der Waals surface area contributed by atoms with E-state index in [-0.39, 0.29) is 5.91 Å². The predicted octanol–water partition coefficient (Wildman–Crippen LogP) is 4.17. The minimum atomic E-state index is -0.661. The van der Waals surface area contributed by atoms with Crippen molar-refractivity contribution in [2.24, 2.45) is 5.73 Å². The topological polar surface area (TPSA) is 96.2 Å². The first-order valence-corrected chi connectivity index (χ1v) is 8.01. The van der Waals surface area contributed by atoms with Gasteiger partial charge in [-0.2, -0.15) is 0 Å². The van der Waals surface area contributed by atoms with Crippen molar-refractivity contribution in [3.63, 3.8) is 0 Å². The number of benzene rings is 3. The molecule has 0 fully saturated rings. The lowest BCUT2D eigenvalue weighted by Gasteiger charge is -2.13. The molecule has 0 aromatic heterocycles. The van der Waals surface area contributed by atoms with Gasteiger partial charge >= 0.3 is 6.03 Å². The van der Waals surface area contributed by atoms with Crippen LogP contribution in [0.25, 0.3) is 0 Å². The first kappa shape index (κ1) is 17.0. The lowest BCUT2D eigenvalue weighted by molar-refractivity contribution is 0.102. The molecular formula is C20H18N4O2. The number of carbonyl (C=O) groups is 2. The summed E-state index contributed by atoms with van der Waals surface area (Å²) in [6, 6.07) is 23.0. The summed E-state index contributed by atoms with van der Waals surface area (Å²) in [5.74, 6) is -0.264. The summed E-state index contributed by atoms with van der Waals surface area (Å²) in [7, 11) is 0. The highest BCUT2D eigenvalue weighted by Gasteiger charge is 2.12. The molecule has 0 bridgehead atoms. The summed E-state index contributed by atoms with van der Waals surface area (Å²) in [6.45, 7) is 0. The Kier molecular flexibility index (Phi) is 5.14. The van der Waals surface area contributed by atoms with Crippen LogP contribution < -0.4 is 21.7 Å². The van der Waals surface area contributed by atoms with E-state index in [0.717, 1.165) is 5.69 Å². The maximum Gasteiger partial charge on any atom is 0.316 e. The third-order valence-corrected chi connectivity index (χ3v) is 3.61. The number of carbonyl (C=O) groups excluding carboxylic acids is 2. The zero-order chi connectivity index (χ0) is 18.4. The second-order valence-corrected chi connectivity index (χ2v) is 5.56. The van der Waals surface area contributed by atoms with Gasteiger partial charge in [0.2, 0.25) is 0 Å². The fourth-order valence-corrected chi connectivity index (χ4v) is 2.48. The van der Waals surface area contributed by atoms with E-state index in [0.29, 0.717) is 22.6 Å². The number of nitrogens with one attached hydrogen (secondary N) is 3. The Balaban J connectivity index is 1.79. The Labute approximate surface area is 151 Å². The van der Waals surface area contributed by atoms with E-state index in [4.69, 9.17) is 5.73 Å². The molecular weight excluding hydrogens is 328 g/mol. The molecule has 26 heavy (non-hydrogen) atoms. The standard InChI is InChI=1S/C20H18N4O2/c21-20(26)24-16-10-6-9-15(13-16)23-19(25)17-11-4-5-12-18(17)22-14-7-2-1-3-8-14/h1-13,22H,(H,23,25)(H3,21,24,26). The molecule has 6 heteroatoms. The van der Waals surface area contributed by atoms with E-state index in [9.17, 15) is 9.59 Å². The van der Waals surface area contributed by atoms with Crippen LogP contribution in [0.15, 0.2) is 78.9 Å². The lowest BCUT2D eigenvalue weighted by atomic mass is 10.1. The second-order valence-electron chi connectivity index (χ2n) is 5.56. The number of nitrogens with two attached hydrogens (primary N) is 1. The maximum atomic E-state index is 12.7. The van der Waals surface area contributed by atoms with Crippen LogP contribution in [0.4, 0.5) is 27.5 Å². The summed E-state index contributed by atoms with van der Waals surface area (Å²) in [5, 5.41) is 8.55. The van der Waals surface area contributed by atoms with Gasteiger partial charge in [-0.25, -0.2) is 4.79 Å². The van der Waals surface area contributed by atoms with Crippen LogP contribution in [0.5, 0.6) is 0 Å². The molecule has 0 heterocycles. The molecule has 3 rings (SSSR count). The lowest BCUT2D eigenvalue weighted by Crippen LogP contribution is -2.19. The first-order chi connectivity index (χ1) is 12.6.